The van der Waals surface area contributed by atoms with Gasteiger partial charge in [-0.15, -0.1) is 0 Å². The molecule has 2 aromatic heterocycles. The minimum Gasteiger partial charge on any atom is -0.376 e. The molecule has 158 valence electrons. The van der Waals surface area contributed by atoms with Crippen LogP contribution in [0.15, 0.2) is 12.4 Å². The van der Waals surface area contributed by atoms with E-state index in [-0.39, 0.29) is 30.3 Å². The minimum absolute atomic E-state index is 0.00724. The number of piperidine rings is 1. The Morgan fingerprint density at radius 3 is 2.76 bits per heavy atom. The second kappa shape index (κ2) is 8.23. The van der Waals surface area contributed by atoms with Crippen LogP contribution in [0.1, 0.15) is 43.0 Å². The van der Waals surface area contributed by atoms with Crippen LogP contribution >= 0.6 is 0 Å². The molecule has 0 unspecified atom stereocenters. The van der Waals surface area contributed by atoms with Crippen molar-refractivity contribution < 1.29 is 27.4 Å². The van der Waals surface area contributed by atoms with Crippen LogP contribution in [0.25, 0.3) is 5.78 Å². The molecule has 2 saturated heterocycles. The van der Waals surface area contributed by atoms with Gasteiger partial charge in [0.25, 0.3) is 5.78 Å². The minimum atomic E-state index is -4.55. The topological polar surface area (TPSA) is 81.9 Å². The van der Waals surface area contributed by atoms with E-state index < -0.39 is 11.9 Å². The third-order valence-corrected chi connectivity index (χ3v) is 5.38. The Balaban J connectivity index is 1.35. The van der Waals surface area contributed by atoms with Gasteiger partial charge in [-0.2, -0.15) is 27.8 Å². The van der Waals surface area contributed by atoms with Crippen LogP contribution in [0.4, 0.5) is 13.2 Å². The molecule has 0 N–H and O–H groups in total. The van der Waals surface area contributed by atoms with Gasteiger partial charge in [-0.1, -0.05) is 0 Å². The van der Waals surface area contributed by atoms with E-state index in [1.807, 2.05) is 0 Å². The number of fused-ring (bicyclic) bond motifs is 1. The van der Waals surface area contributed by atoms with Gasteiger partial charge in [0, 0.05) is 31.3 Å². The molecule has 0 spiro atoms. The Bertz CT molecular complexity index is 858. The number of hydrogen-bond acceptors (Lipinski definition) is 6. The van der Waals surface area contributed by atoms with E-state index in [1.165, 1.54) is 0 Å². The molecule has 2 aliphatic rings. The maximum Gasteiger partial charge on any atom is 0.433 e. The smallest absolute Gasteiger partial charge is 0.376 e. The summed E-state index contributed by atoms with van der Waals surface area (Å²) in [4.78, 5) is 22.1. The molecule has 0 bridgehead atoms. The second-order valence-corrected chi connectivity index (χ2v) is 7.34. The maximum absolute atomic E-state index is 13.3. The molecule has 0 radical (unpaired) electrons. The average Bonchev–Trinajstić information content (AvgIpc) is 3.38. The number of halogens is 3. The van der Waals surface area contributed by atoms with E-state index in [9.17, 15) is 18.0 Å². The van der Waals surface area contributed by atoms with E-state index in [4.69, 9.17) is 9.47 Å². The fourth-order valence-corrected chi connectivity index (χ4v) is 3.81. The summed E-state index contributed by atoms with van der Waals surface area (Å²) in [6, 6.07) is 1.04. The summed E-state index contributed by atoms with van der Waals surface area (Å²) in [5.74, 6) is -0.358. The summed E-state index contributed by atoms with van der Waals surface area (Å²) < 4.78 is 51.7. The Hall–Kier alpha value is -2.27. The van der Waals surface area contributed by atoms with Crippen LogP contribution in [-0.2, 0) is 20.4 Å². The number of likely N-dealkylation sites (tertiary alicyclic amines) is 1. The van der Waals surface area contributed by atoms with Crippen molar-refractivity contribution in [2.45, 2.75) is 43.9 Å². The molecular weight excluding hydrogens is 391 g/mol. The van der Waals surface area contributed by atoms with Crippen LogP contribution in [0.5, 0.6) is 0 Å². The molecule has 0 saturated carbocycles. The molecular formula is C18H22F3N5O3. The molecule has 0 aliphatic carbocycles. The van der Waals surface area contributed by atoms with Crippen molar-refractivity contribution in [3.63, 3.8) is 0 Å². The summed E-state index contributed by atoms with van der Waals surface area (Å²) in [7, 11) is 0. The number of hydrogen-bond donors (Lipinski definition) is 0. The zero-order valence-corrected chi connectivity index (χ0v) is 15.8. The normalized spacial score (nSPS) is 21.2. The third-order valence-electron chi connectivity index (χ3n) is 5.38. The highest BCUT2D eigenvalue weighted by Crippen LogP contribution is 2.33. The molecule has 1 atom stereocenters. The lowest BCUT2D eigenvalue weighted by atomic mass is 9.93. The first-order chi connectivity index (χ1) is 13.9. The molecule has 29 heavy (non-hydrogen) atoms. The average molecular weight is 413 g/mol. The van der Waals surface area contributed by atoms with E-state index in [0.717, 1.165) is 31.8 Å². The number of carbonyl (C=O) groups is 1. The van der Waals surface area contributed by atoms with Gasteiger partial charge in [0.15, 0.2) is 5.69 Å². The number of ether oxygens (including phenoxy) is 2. The monoisotopic (exact) mass is 413 g/mol. The number of nitrogens with zero attached hydrogens (tertiary/aromatic N) is 5. The van der Waals surface area contributed by atoms with Gasteiger partial charge in [0.05, 0.1) is 12.7 Å². The summed E-state index contributed by atoms with van der Waals surface area (Å²) in [5, 5.41) is 3.61. The summed E-state index contributed by atoms with van der Waals surface area (Å²) in [5.41, 5.74) is -0.560. The highest BCUT2D eigenvalue weighted by molar-refractivity contribution is 5.77. The quantitative estimate of drug-likeness (QED) is 0.746. The molecule has 11 heteroatoms. The van der Waals surface area contributed by atoms with E-state index >= 15 is 0 Å². The number of alkyl halides is 3. The lowest BCUT2D eigenvalue weighted by Crippen LogP contribution is -2.40. The van der Waals surface area contributed by atoms with E-state index in [1.54, 1.807) is 4.90 Å². The van der Waals surface area contributed by atoms with E-state index in [2.05, 4.69) is 15.1 Å². The highest BCUT2D eigenvalue weighted by atomic mass is 19.4. The number of carbonyl (C=O) groups excluding carboxylic acids is 1. The molecule has 4 rings (SSSR count). The largest absolute Gasteiger partial charge is 0.433 e. The van der Waals surface area contributed by atoms with Crippen LogP contribution < -0.4 is 0 Å². The van der Waals surface area contributed by atoms with Gasteiger partial charge in [-0.25, -0.2) is 4.98 Å². The van der Waals surface area contributed by atoms with Crippen molar-refractivity contribution in [1.82, 2.24) is 24.5 Å². The lowest BCUT2D eigenvalue weighted by Gasteiger charge is -2.32. The van der Waals surface area contributed by atoms with Crippen LogP contribution in [0.3, 0.4) is 0 Å². The van der Waals surface area contributed by atoms with Crippen LogP contribution in [0.2, 0.25) is 0 Å². The van der Waals surface area contributed by atoms with Crippen molar-refractivity contribution in [3.05, 3.63) is 23.8 Å². The SMILES string of the molecule is O=C(COC[C@H]1CCCO1)N1CCC(c2cc(C(F)(F)F)n3ncnc3n2)CC1. The Labute approximate surface area is 165 Å². The zero-order chi connectivity index (χ0) is 20.4. The van der Waals surface area contributed by atoms with Gasteiger partial charge in [0.1, 0.15) is 12.9 Å². The molecule has 0 aromatic carbocycles. The summed E-state index contributed by atoms with van der Waals surface area (Å²) >= 11 is 0. The number of rotatable bonds is 5. The first-order valence-electron chi connectivity index (χ1n) is 9.67. The van der Waals surface area contributed by atoms with Crippen molar-refractivity contribution in [3.8, 4) is 0 Å². The first kappa shape index (κ1) is 20.0. The Kier molecular flexibility index (Phi) is 5.68. The van der Waals surface area contributed by atoms with E-state index in [0.29, 0.717) is 42.7 Å². The van der Waals surface area contributed by atoms with Gasteiger partial charge in [0.2, 0.25) is 5.91 Å². The van der Waals surface area contributed by atoms with Crippen molar-refractivity contribution in [2.75, 3.05) is 32.9 Å². The van der Waals surface area contributed by atoms with Gasteiger partial charge in [-0.05, 0) is 31.7 Å². The maximum atomic E-state index is 13.3. The second-order valence-electron chi connectivity index (χ2n) is 7.34. The molecule has 4 heterocycles. The zero-order valence-electron chi connectivity index (χ0n) is 15.8. The van der Waals surface area contributed by atoms with Crippen molar-refractivity contribution in [1.29, 1.82) is 0 Å². The fraction of sp³-hybridized carbons (Fsp3) is 0.667. The van der Waals surface area contributed by atoms with Crippen LogP contribution in [-0.4, -0.2) is 69.4 Å². The predicted octanol–water partition coefficient (Wildman–Crippen LogP) is 2.04. The molecule has 2 aromatic rings. The molecule has 2 fully saturated rings. The van der Waals surface area contributed by atoms with Gasteiger partial charge in [-0.3, -0.25) is 4.79 Å². The Morgan fingerprint density at radius 1 is 1.28 bits per heavy atom. The molecule has 1 amide bonds. The summed E-state index contributed by atoms with van der Waals surface area (Å²) in [6.07, 6.45) is -0.407. The summed E-state index contributed by atoms with van der Waals surface area (Å²) in [6.45, 7) is 2.04. The first-order valence-corrected chi connectivity index (χ1v) is 9.67. The number of aromatic nitrogens is 4. The highest BCUT2D eigenvalue weighted by Gasteiger charge is 2.36. The molecule has 8 nitrogen and oxygen atoms in total. The Morgan fingerprint density at radius 2 is 2.07 bits per heavy atom. The van der Waals surface area contributed by atoms with Gasteiger partial charge < -0.3 is 14.4 Å². The van der Waals surface area contributed by atoms with Crippen molar-refractivity contribution in [2.24, 2.45) is 0 Å². The lowest BCUT2D eigenvalue weighted by molar-refractivity contribution is -0.142. The van der Waals surface area contributed by atoms with Gasteiger partial charge >= 0.3 is 6.18 Å². The third kappa shape index (κ3) is 4.50. The fourth-order valence-electron chi connectivity index (χ4n) is 3.81. The molecule has 2 aliphatic heterocycles. The standard InChI is InChI=1S/C18H22F3N5O3/c19-18(20,21)15-8-14(24-17-22-11-23-26(15)17)12-3-5-25(6-4-12)16(27)10-28-9-13-2-1-7-29-13/h8,11-13H,1-7,9-10H2/t13-/m1/s1. The van der Waals surface area contributed by atoms with Crippen molar-refractivity contribution >= 4 is 11.7 Å². The van der Waals surface area contributed by atoms with Crippen LogP contribution in [0, 0.1) is 0 Å². The number of amides is 1. The predicted molar refractivity (Wildman–Crippen MR) is 94.1 cm³/mol.